The van der Waals surface area contributed by atoms with Crippen LogP contribution in [0.25, 0.3) is 0 Å². The largest absolute Gasteiger partial charge is 0.493 e. The molecule has 4 heteroatoms. The summed E-state index contributed by atoms with van der Waals surface area (Å²) >= 11 is 3.61. The Balaban J connectivity index is 2.13. The Hall–Kier alpha value is -1.52. The highest BCUT2D eigenvalue weighted by Crippen LogP contribution is 2.34. The summed E-state index contributed by atoms with van der Waals surface area (Å²) in [4.78, 5) is 0. The summed E-state index contributed by atoms with van der Waals surface area (Å²) in [6.07, 6.45) is 2.87. The van der Waals surface area contributed by atoms with Crippen molar-refractivity contribution < 1.29 is 9.47 Å². The van der Waals surface area contributed by atoms with Gasteiger partial charge in [-0.05, 0) is 42.5 Å². The molecule has 0 fully saturated rings. The molecule has 0 bridgehead atoms. The Morgan fingerprint density at radius 1 is 1.13 bits per heavy atom. The molecule has 0 aliphatic rings. The zero-order valence-corrected chi connectivity index (χ0v) is 15.3. The lowest BCUT2D eigenvalue weighted by Gasteiger charge is -2.15. The van der Waals surface area contributed by atoms with Crippen LogP contribution in [-0.4, -0.2) is 13.2 Å². The van der Waals surface area contributed by atoms with Crippen molar-refractivity contribution in [1.29, 1.82) is 0 Å². The molecule has 0 aliphatic carbocycles. The zero-order chi connectivity index (χ0) is 16.7. The maximum Gasteiger partial charge on any atom is 0.162 e. The van der Waals surface area contributed by atoms with Gasteiger partial charge in [0.2, 0.25) is 0 Å². The Morgan fingerprint density at radius 3 is 2.52 bits per heavy atom. The van der Waals surface area contributed by atoms with Gasteiger partial charge in [0, 0.05) is 10.5 Å². The van der Waals surface area contributed by atoms with Crippen molar-refractivity contribution in [1.82, 2.24) is 0 Å². The Labute approximate surface area is 146 Å². The van der Waals surface area contributed by atoms with E-state index in [0.29, 0.717) is 6.61 Å². The lowest BCUT2D eigenvalue weighted by molar-refractivity contribution is 0.284. The van der Waals surface area contributed by atoms with Gasteiger partial charge in [-0.25, -0.2) is 0 Å². The minimum atomic E-state index is 0.234. The molecule has 2 N–H and O–H groups in total. The molecule has 0 amide bonds. The number of ether oxygens (including phenoxy) is 2. The van der Waals surface area contributed by atoms with Crippen LogP contribution in [0.1, 0.15) is 30.9 Å². The molecule has 2 rings (SSSR count). The number of methoxy groups -OCH3 is 1. The molecule has 2 aromatic carbocycles. The summed E-state index contributed by atoms with van der Waals surface area (Å²) in [5.41, 5.74) is 8.35. The van der Waals surface area contributed by atoms with Gasteiger partial charge in [-0.1, -0.05) is 53.2 Å². The summed E-state index contributed by atoms with van der Waals surface area (Å²) in [6, 6.07) is 14.4. The van der Waals surface area contributed by atoms with E-state index in [-0.39, 0.29) is 6.04 Å². The highest BCUT2D eigenvalue weighted by Gasteiger charge is 2.11. The number of rotatable bonds is 8. The van der Waals surface area contributed by atoms with Crippen LogP contribution >= 0.6 is 15.9 Å². The van der Waals surface area contributed by atoms with Gasteiger partial charge in [0.15, 0.2) is 11.5 Å². The monoisotopic (exact) mass is 377 g/mol. The fourth-order valence-electron chi connectivity index (χ4n) is 2.32. The molecule has 124 valence electrons. The number of aryl methyl sites for hydroxylation is 1. The van der Waals surface area contributed by atoms with Crippen LogP contribution in [0, 0.1) is 0 Å². The van der Waals surface area contributed by atoms with Crippen molar-refractivity contribution >= 4 is 15.9 Å². The molecule has 0 aliphatic heterocycles. The first kappa shape index (κ1) is 17.8. The van der Waals surface area contributed by atoms with Gasteiger partial charge in [0.25, 0.3) is 0 Å². The third-order valence-electron chi connectivity index (χ3n) is 3.88. The standard InChI is InChI=1S/C19H24BrNO2/c1-3-16(21)10-9-15-11-19(18(22-2)12-17(15)20)23-13-14-7-5-4-6-8-14/h4-8,11-12,16H,3,9-10,13,21H2,1-2H3. The number of hydrogen-bond acceptors (Lipinski definition) is 3. The Bertz CT molecular complexity index is 616. The minimum absolute atomic E-state index is 0.234. The van der Waals surface area contributed by atoms with E-state index in [1.165, 1.54) is 5.56 Å². The van der Waals surface area contributed by atoms with Crippen molar-refractivity contribution in [2.75, 3.05) is 7.11 Å². The fraction of sp³-hybridized carbons (Fsp3) is 0.368. The van der Waals surface area contributed by atoms with Crippen molar-refractivity contribution in [3.63, 3.8) is 0 Å². The summed E-state index contributed by atoms with van der Waals surface area (Å²) in [5, 5.41) is 0. The van der Waals surface area contributed by atoms with Gasteiger partial charge >= 0.3 is 0 Å². The van der Waals surface area contributed by atoms with Crippen molar-refractivity contribution in [2.45, 2.75) is 38.8 Å². The number of hydrogen-bond donors (Lipinski definition) is 1. The number of nitrogens with two attached hydrogens (primary N) is 1. The fourth-order valence-corrected chi connectivity index (χ4v) is 2.84. The van der Waals surface area contributed by atoms with Crippen molar-refractivity contribution in [2.24, 2.45) is 5.73 Å². The Morgan fingerprint density at radius 2 is 1.87 bits per heavy atom. The molecule has 2 aromatic rings. The molecule has 0 spiro atoms. The minimum Gasteiger partial charge on any atom is -0.493 e. The van der Waals surface area contributed by atoms with Crippen LogP contribution in [0.4, 0.5) is 0 Å². The molecule has 0 saturated carbocycles. The maximum atomic E-state index is 6.03. The smallest absolute Gasteiger partial charge is 0.162 e. The van der Waals surface area contributed by atoms with Gasteiger partial charge in [0.05, 0.1) is 7.11 Å². The van der Waals surface area contributed by atoms with Gasteiger partial charge in [-0.15, -0.1) is 0 Å². The highest BCUT2D eigenvalue weighted by molar-refractivity contribution is 9.10. The van der Waals surface area contributed by atoms with E-state index in [9.17, 15) is 0 Å². The molecule has 1 unspecified atom stereocenters. The Kier molecular flexibility index (Phi) is 6.93. The number of halogens is 1. The first-order chi connectivity index (χ1) is 11.1. The molecule has 0 heterocycles. The highest BCUT2D eigenvalue weighted by atomic mass is 79.9. The molecule has 0 aromatic heterocycles. The average Bonchev–Trinajstić information content (AvgIpc) is 2.59. The molecule has 0 radical (unpaired) electrons. The summed E-state index contributed by atoms with van der Waals surface area (Å²) in [6.45, 7) is 2.63. The van der Waals surface area contributed by atoms with Crippen molar-refractivity contribution in [3.05, 3.63) is 58.1 Å². The number of benzene rings is 2. The SMILES string of the molecule is CCC(N)CCc1cc(OCc2ccccc2)c(OC)cc1Br. The molecular weight excluding hydrogens is 354 g/mol. The first-order valence-corrected chi connectivity index (χ1v) is 8.72. The average molecular weight is 378 g/mol. The van der Waals surface area contributed by atoms with E-state index in [2.05, 4.69) is 22.9 Å². The van der Waals surface area contributed by atoms with E-state index in [4.69, 9.17) is 15.2 Å². The second kappa shape index (κ2) is 8.94. The summed E-state index contributed by atoms with van der Waals surface area (Å²) < 4.78 is 12.4. The third-order valence-corrected chi connectivity index (χ3v) is 4.62. The van der Waals surface area contributed by atoms with E-state index >= 15 is 0 Å². The van der Waals surface area contributed by atoms with Gasteiger partial charge in [0.1, 0.15) is 6.61 Å². The molecule has 23 heavy (non-hydrogen) atoms. The summed E-state index contributed by atoms with van der Waals surface area (Å²) in [5.74, 6) is 1.50. The quantitative estimate of drug-likeness (QED) is 0.724. The first-order valence-electron chi connectivity index (χ1n) is 7.92. The predicted octanol–water partition coefficient (Wildman–Crippen LogP) is 4.71. The predicted molar refractivity (Wildman–Crippen MR) is 98.1 cm³/mol. The van der Waals surface area contributed by atoms with Crippen LogP contribution < -0.4 is 15.2 Å². The van der Waals surface area contributed by atoms with Crippen LogP contribution in [0.15, 0.2) is 46.9 Å². The second-order valence-electron chi connectivity index (χ2n) is 5.58. The maximum absolute atomic E-state index is 6.03. The molecule has 1 atom stereocenters. The van der Waals surface area contributed by atoms with Crippen molar-refractivity contribution in [3.8, 4) is 11.5 Å². The zero-order valence-electron chi connectivity index (χ0n) is 13.7. The van der Waals surface area contributed by atoms with Crippen LogP contribution in [0.3, 0.4) is 0 Å². The van der Waals surface area contributed by atoms with E-state index in [1.807, 2.05) is 42.5 Å². The molecular formula is C19H24BrNO2. The van der Waals surface area contributed by atoms with Gasteiger partial charge in [-0.3, -0.25) is 0 Å². The van der Waals surface area contributed by atoms with Crippen LogP contribution in [-0.2, 0) is 13.0 Å². The van der Waals surface area contributed by atoms with Crippen LogP contribution in [0.5, 0.6) is 11.5 Å². The second-order valence-corrected chi connectivity index (χ2v) is 6.43. The van der Waals surface area contributed by atoms with E-state index in [1.54, 1.807) is 7.11 Å². The molecule has 3 nitrogen and oxygen atoms in total. The van der Waals surface area contributed by atoms with E-state index in [0.717, 1.165) is 40.8 Å². The summed E-state index contributed by atoms with van der Waals surface area (Å²) in [7, 11) is 1.66. The third kappa shape index (κ3) is 5.26. The van der Waals surface area contributed by atoms with E-state index < -0.39 is 0 Å². The lowest BCUT2D eigenvalue weighted by atomic mass is 10.0. The molecule has 0 saturated heterocycles. The van der Waals surface area contributed by atoms with Gasteiger partial charge in [-0.2, -0.15) is 0 Å². The van der Waals surface area contributed by atoms with Gasteiger partial charge < -0.3 is 15.2 Å². The lowest BCUT2D eigenvalue weighted by Crippen LogP contribution is -2.19. The normalized spacial score (nSPS) is 12.0. The van der Waals surface area contributed by atoms with Crippen LogP contribution in [0.2, 0.25) is 0 Å². The topological polar surface area (TPSA) is 44.5 Å².